The SMILES string of the molecule is O=S(=O)(NC1CCC(Oc2ccc(Cl)cn2)CC1)N1CCOCC1. The van der Waals surface area contributed by atoms with Crippen molar-refractivity contribution in [2.24, 2.45) is 0 Å². The first kappa shape index (κ1) is 17.9. The fourth-order valence-electron chi connectivity index (χ4n) is 2.97. The van der Waals surface area contributed by atoms with E-state index in [0.29, 0.717) is 37.2 Å². The van der Waals surface area contributed by atoms with Crippen LogP contribution in [0.2, 0.25) is 5.02 Å². The Kier molecular flexibility index (Phi) is 5.93. The molecule has 0 aromatic carbocycles. The quantitative estimate of drug-likeness (QED) is 0.845. The Hall–Kier alpha value is -0.930. The Morgan fingerprint density at radius 2 is 1.92 bits per heavy atom. The van der Waals surface area contributed by atoms with Crippen LogP contribution in [0.15, 0.2) is 18.3 Å². The van der Waals surface area contributed by atoms with E-state index >= 15 is 0 Å². The lowest BCUT2D eigenvalue weighted by Crippen LogP contribution is -2.50. The molecule has 1 aliphatic heterocycles. The van der Waals surface area contributed by atoms with Crippen molar-refractivity contribution < 1.29 is 17.9 Å². The van der Waals surface area contributed by atoms with Gasteiger partial charge in [0.2, 0.25) is 5.88 Å². The number of hydrogen-bond donors (Lipinski definition) is 1. The highest BCUT2D eigenvalue weighted by atomic mass is 35.5. The number of nitrogens with one attached hydrogen (secondary N) is 1. The third-order valence-electron chi connectivity index (χ3n) is 4.29. The highest BCUT2D eigenvalue weighted by Gasteiger charge is 2.30. The average Bonchev–Trinajstić information content (AvgIpc) is 2.59. The number of rotatable bonds is 5. The maximum Gasteiger partial charge on any atom is 0.279 e. The lowest BCUT2D eigenvalue weighted by atomic mass is 9.94. The summed E-state index contributed by atoms with van der Waals surface area (Å²) in [5.74, 6) is 0.553. The van der Waals surface area contributed by atoms with Crippen LogP contribution < -0.4 is 9.46 Å². The second-order valence-electron chi connectivity index (χ2n) is 6.04. The Morgan fingerprint density at radius 1 is 1.21 bits per heavy atom. The van der Waals surface area contributed by atoms with Gasteiger partial charge in [0.25, 0.3) is 10.2 Å². The van der Waals surface area contributed by atoms with E-state index in [1.807, 2.05) is 0 Å². The topological polar surface area (TPSA) is 80.8 Å². The normalized spacial score (nSPS) is 26.2. The van der Waals surface area contributed by atoms with Gasteiger partial charge in [0.15, 0.2) is 0 Å². The van der Waals surface area contributed by atoms with Gasteiger partial charge in [0.05, 0.1) is 18.2 Å². The van der Waals surface area contributed by atoms with Gasteiger partial charge in [-0.25, -0.2) is 4.98 Å². The van der Waals surface area contributed by atoms with Crippen molar-refractivity contribution in [3.8, 4) is 5.88 Å². The van der Waals surface area contributed by atoms with Crippen LogP contribution in [-0.4, -0.2) is 56.2 Å². The second kappa shape index (κ2) is 7.97. The van der Waals surface area contributed by atoms with E-state index in [1.165, 1.54) is 4.31 Å². The first-order valence-electron chi connectivity index (χ1n) is 8.16. The molecular weight excluding hydrogens is 354 g/mol. The van der Waals surface area contributed by atoms with Crippen LogP contribution in [0.3, 0.4) is 0 Å². The second-order valence-corrected chi connectivity index (χ2v) is 8.18. The smallest absolute Gasteiger partial charge is 0.279 e. The molecule has 1 saturated heterocycles. The van der Waals surface area contributed by atoms with Crippen LogP contribution in [0.1, 0.15) is 25.7 Å². The van der Waals surface area contributed by atoms with Gasteiger partial charge in [0.1, 0.15) is 6.10 Å². The van der Waals surface area contributed by atoms with Crippen LogP contribution in [0.25, 0.3) is 0 Å². The summed E-state index contributed by atoms with van der Waals surface area (Å²) in [5.41, 5.74) is 0. The summed E-state index contributed by atoms with van der Waals surface area (Å²) in [4.78, 5) is 4.13. The zero-order valence-corrected chi connectivity index (χ0v) is 14.9. The Balaban J connectivity index is 1.47. The van der Waals surface area contributed by atoms with Gasteiger partial charge >= 0.3 is 0 Å². The summed E-state index contributed by atoms with van der Waals surface area (Å²) in [5, 5.41) is 0.573. The summed E-state index contributed by atoms with van der Waals surface area (Å²) < 4.78 is 40.0. The molecule has 0 unspecified atom stereocenters. The molecule has 0 spiro atoms. The number of hydrogen-bond acceptors (Lipinski definition) is 5. The number of pyridine rings is 1. The Bertz CT molecular complexity index is 627. The minimum Gasteiger partial charge on any atom is -0.474 e. The molecular formula is C15H22ClN3O4S. The van der Waals surface area contributed by atoms with Crippen molar-refractivity contribution in [3.05, 3.63) is 23.4 Å². The van der Waals surface area contributed by atoms with E-state index in [4.69, 9.17) is 21.1 Å². The Morgan fingerprint density at radius 3 is 2.54 bits per heavy atom. The standard InChI is InChI=1S/C15H22ClN3O4S/c16-12-1-6-15(17-11-12)23-14-4-2-13(3-5-14)18-24(20,21)19-7-9-22-10-8-19/h1,6,11,13-14,18H,2-5,7-10H2. The van der Waals surface area contributed by atoms with Crippen molar-refractivity contribution in [2.75, 3.05) is 26.3 Å². The van der Waals surface area contributed by atoms with Gasteiger partial charge in [-0.1, -0.05) is 11.6 Å². The largest absolute Gasteiger partial charge is 0.474 e. The van der Waals surface area contributed by atoms with Gasteiger partial charge in [-0.2, -0.15) is 17.4 Å². The first-order chi connectivity index (χ1) is 11.5. The lowest BCUT2D eigenvalue weighted by Gasteiger charge is -2.32. The fourth-order valence-corrected chi connectivity index (χ4v) is 4.52. The molecule has 1 aromatic rings. The Labute approximate surface area is 147 Å². The van der Waals surface area contributed by atoms with E-state index in [-0.39, 0.29) is 12.1 Å². The number of aromatic nitrogens is 1. The molecule has 1 aromatic heterocycles. The van der Waals surface area contributed by atoms with Crippen molar-refractivity contribution in [1.29, 1.82) is 0 Å². The molecule has 9 heteroatoms. The van der Waals surface area contributed by atoms with Gasteiger partial charge in [0, 0.05) is 31.4 Å². The number of morpholine rings is 1. The number of halogens is 1. The van der Waals surface area contributed by atoms with Crippen molar-refractivity contribution in [2.45, 2.75) is 37.8 Å². The van der Waals surface area contributed by atoms with E-state index in [2.05, 4.69) is 9.71 Å². The molecule has 24 heavy (non-hydrogen) atoms. The first-order valence-corrected chi connectivity index (χ1v) is 9.98. The molecule has 2 aliphatic rings. The molecule has 1 aliphatic carbocycles. The van der Waals surface area contributed by atoms with E-state index in [0.717, 1.165) is 25.7 Å². The van der Waals surface area contributed by atoms with Gasteiger partial charge in [-0.3, -0.25) is 0 Å². The molecule has 3 rings (SSSR count). The summed E-state index contributed by atoms with van der Waals surface area (Å²) in [6, 6.07) is 3.44. The molecule has 1 N–H and O–H groups in total. The maximum atomic E-state index is 12.4. The zero-order valence-electron chi connectivity index (χ0n) is 13.4. The zero-order chi connectivity index (χ0) is 17.0. The highest BCUT2D eigenvalue weighted by Crippen LogP contribution is 2.24. The molecule has 0 bridgehead atoms. The third-order valence-corrected chi connectivity index (χ3v) is 6.19. The van der Waals surface area contributed by atoms with E-state index in [9.17, 15) is 8.42 Å². The minimum absolute atomic E-state index is 0.0455. The summed E-state index contributed by atoms with van der Waals surface area (Å²) in [6.07, 6.45) is 4.70. The molecule has 0 radical (unpaired) electrons. The predicted molar refractivity (Wildman–Crippen MR) is 90.4 cm³/mol. The summed E-state index contributed by atoms with van der Waals surface area (Å²) in [6.45, 7) is 1.73. The van der Waals surface area contributed by atoms with E-state index < -0.39 is 10.2 Å². The molecule has 2 heterocycles. The third kappa shape index (κ3) is 4.80. The number of nitrogens with zero attached hydrogens (tertiary/aromatic N) is 2. The van der Waals surface area contributed by atoms with Crippen molar-refractivity contribution in [3.63, 3.8) is 0 Å². The van der Waals surface area contributed by atoms with Crippen LogP contribution in [-0.2, 0) is 14.9 Å². The predicted octanol–water partition coefficient (Wildman–Crippen LogP) is 1.59. The molecule has 1 saturated carbocycles. The van der Waals surface area contributed by atoms with Crippen molar-refractivity contribution >= 4 is 21.8 Å². The van der Waals surface area contributed by atoms with Crippen LogP contribution in [0.4, 0.5) is 0 Å². The lowest BCUT2D eigenvalue weighted by molar-refractivity contribution is 0.0719. The fraction of sp³-hybridized carbons (Fsp3) is 0.667. The van der Waals surface area contributed by atoms with Gasteiger partial charge in [-0.05, 0) is 31.7 Å². The van der Waals surface area contributed by atoms with Crippen molar-refractivity contribution in [1.82, 2.24) is 14.0 Å². The average molecular weight is 376 g/mol. The summed E-state index contributed by atoms with van der Waals surface area (Å²) in [7, 11) is -3.43. The van der Waals surface area contributed by atoms with E-state index in [1.54, 1.807) is 18.3 Å². The maximum absolute atomic E-state index is 12.4. The van der Waals surface area contributed by atoms with Crippen LogP contribution in [0, 0.1) is 0 Å². The molecule has 2 fully saturated rings. The summed E-state index contributed by atoms with van der Waals surface area (Å²) >= 11 is 5.80. The molecule has 7 nitrogen and oxygen atoms in total. The monoisotopic (exact) mass is 375 g/mol. The van der Waals surface area contributed by atoms with Crippen LogP contribution in [0.5, 0.6) is 5.88 Å². The number of ether oxygens (including phenoxy) is 2. The molecule has 134 valence electrons. The molecule has 0 atom stereocenters. The minimum atomic E-state index is -3.43. The molecule has 0 amide bonds. The van der Waals surface area contributed by atoms with Gasteiger partial charge < -0.3 is 9.47 Å². The van der Waals surface area contributed by atoms with Crippen LogP contribution >= 0.6 is 11.6 Å². The van der Waals surface area contributed by atoms with Gasteiger partial charge in [-0.15, -0.1) is 0 Å². The highest BCUT2D eigenvalue weighted by molar-refractivity contribution is 7.87.